The molecule has 190 valence electrons. The average Bonchev–Trinajstić information content (AvgIpc) is 3.37. The largest absolute Gasteiger partial charge is 0.378 e. The number of nitrogens with one attached hydrogen (secondary N) is 2. The molecule has 1 unspecified atom stereocenters. The summed E-state index contributed by atoms with van der Waals surface area (Å²) in [5, 5.41) is 5.33. The number of fused-ring (bicyclic) bond motifs is 1. The van der Waals surface area contributed by atoms with Crippen LogP contribution < -0.4 is 15.5 Å². The van der Waals surface area contributed by atoms with Crippen molar-refractivity contribution >= 4 is 35.1 Å². The van der Waals surface area contributed by atoms with Crippen molar-refractivity contribution in [2.45, 2.75) is 51.7 Å². The van der Waals surface area contributed by atoms with E-state index in [-0.39, 0.29) is 48.4 Å². The van der Waals surface area contributed by atoms with Gasteiger partial charge in [0.25, 0.3) is 5.91 Å². The van der Waals surface area contributed by atoms with Gasteiger partial charge in [-0.1, -0.05) is 13.8 Å². The Morgan fingerprint density at radius 2 is 1.74 bits per heavy atom. The van der Waals surface area contributed by atoms with Gasteiger partial charge in [-0.15, -0.1) is 0 Å². The van der Waals surface area contributed by atoms with Gasteiger partial charge in [0, 0.05) is 38.8 Å². The van der Waals surface area contributed by atoms with Crippen molar-refractivity contribution in [3.63, 3.8) is 0 Å². The summed E-state index contributed by atoms with van der Waals surface area (Å²) < 4.78 is 0. The highest BCUT2D eigenvalue weighted by molar-refractivity contribution is 6.01. The summed E-state index contributed by atoms with van der Waals surface area (Å²) in [5.41, 5.74) is 1.40. The van der Waals surface area contributed by atoms with Gasteiger partial charge in [-0.05, 0) is 43.0 Å². The monoisotopic (exact) mass is 485 g/mol. The molecule has 0 radical (unpaired) electrons. The number of amides is 4. The Labute approximate surface area is 206 Å². The van der Waals surface area contributed by atoms with Crippen LogP contribution >= 0.6 is 0 Å². The Bertz CT molecular complexity index is 990. The second-order valence-electron chi connectivity index (χ2n) is 9.83. The van der Waals surface area contributed by atoms with Crippen molar-refractivity contribution in [1.29, 1.82) is 0 Å². The van der Waals surface area contributed by atoms with Crippen LogP contribution in [0.2, 0.25) is 0 Å². The lowest BCUT2D eigenvalue weighted by molar-refractivity contribution is -0.138. The number of nitrogens with zero attached hydrogens (tertiary/aromatic N) is 3. The van der Waals surface area contributed by atoms with Gasteiger partial charge in [0.15, 0.2) is 5.78 Å². The fraction of sp³-hybridized carbons (Fsp3) is 0.560. The molecule has 10 heteroatoms. The minimum absolute atomic E-state index is 0.0863. The van der Waals surface area contributed by atoms with Gasteiger partial charge >= 0.3 is 0 Å². The summed E-state index contributed by atoms with van der Waals surface area (Å²) in [6, 6.07) is 5.17. The number of hydrogen-bond acceptors (Lipinski definition) is 6. The molecule has 1 aromatic carbocycles. The minimum atomic E-state index is -0.785. The van der Waals surface area contributed by atoms with Crippen molar-refractivity contribution in [3.8, 4) is 0 Å². The fourth-order valence-electron chi connectivity index (χ4n) is 4.74. The standard InChI is InChI=1S/C25H35N5O5/c1-15(2)12-19(27-24(34)17-6-8-18(9-7-17)28(4)5)25(35)29-11-10-20-23(29)21(32)14-30(20)22(33)13-26-16(3)31/h6-9,15,19-20,23H,10-14H2,1-5H3,(H,26,31)(H,27,34)/t19-,20?,23-/m0/s1. The number of ketones is 1. The van der Waals surface area contributed by atoms with Crippen molar-refractivity contribution in [1.82, 2.24) is 20.4 Å². The average molecular weight is 486 g/mol. The topological polar surface area (TPSA) is 119 Å². The molecule has 3 atom stereocenters. The Kier molecular flexibility index (Phi) is 8.14. The highest BCUT2D eigenvalue weighted by atomic mass is 16.2. The van der Waals surface area contributed by atoms with Crippen molar-refractivity contribution in [3.05, 3.63) is 29.8 Å². The third kappa shape index (κ3) is 5.98. The highest BCUT2D eigenvalue weighted by Gasteiger charge is 2.52. The molecule has 2 heterocycles. The zero-order valence-corrected chi connectivity index (χ0v) is 21.0. The van der Waals surface area contributed by atoms with Gasteiger partial charge in [-0.25, -0.2) is 0 Å². The molecule has 2 saturated heterocycles. The van der Waals surface area contributed by atoms with E-state index >= 15 is 0 Å². The molecule has 1 aromatic rings. The van der Waals surface area contributed by atoms with E-state index in [2.05, 4.69) is 10.6 Å². The number of Topliss-reactive ketones (excluding diaryl/α,β-unsaturated/α-hetero) is 1. The first-order valence-corrected chi connectivity index (χ1v) is 11.9. The van der Waals surface area contributed by atoms with Gasteiger partial charge < -0.3 is 25.3 Å². The van der Waals surface area contributed by atoms with Crippen LogP contribution in [0.25, 0.3) is 0 Å². The number of anilines is 1. The van der Waals surface area contributed by atoms with E-state index in [1.54, 1.807) is 12.1 Å². The van der Waals surface area contributed by atoms with E-state index in [1.807, 2.05) is 45.0 Å². The number of rotatable bonds is 8. The fourth-order valence-corrected chi connectivity index (χ4v) is 4.74. The van der Waals surface area contributed by atoms with Crippen LogP contribution in [-0.2, 0) is 19.2 Å². The van der Waals surface area contributed by atoms with Crippen LogP contribution in [0.5, 0.6) is 0 Å². The molecule has 10 nitrogen and oxygen atoms in total. The maximum atomic E-state index is 13.6. The first-order valence-electron chi connectivity index (χ1n) is 11.9. The summed E-state index contributed by atoms with van der Waals surface area (Å²) in [6.45, 7) is 5.31. The minimum Gasteiger partial charge on any atom is -0.378 e. The summed E-state index contributed by atoms with van der Waals surface area (Å²) in [6.07, 6.45) is 0.899. The molecule has 2 aliphatic rings. The second-order valence-corrected chi connectivity index (χ2v) is 9.83. The van der Waals surface area contributed by atoms with Gasteiger partial charge in [0.1, 0.15) is 12.1 Å². The first-order chi connectivity index (χ1) is 16.5. The number of carbonyl (C=O) groups is 5. The Balaban J connectivity index is 1.73. The predicted molar refractivity (Wildman–Crippen MR) is 131 cm³/mol. The predicted octanol–water partition coefficient (Wildman–Crippen LogP) is 0.414. The number of hydrogen-bond donors (Lipinski definition) is 2. The smallest absolute Gasteiger partial charge is 0.251 e. The third-order valence-electron chi connectivity index (χ3n) is 6.47. The van der Waals surface area contributed by atoms with Gasteiger partial charge in [-0.2, -0.15) is 0 Å². The molecule has 35 heavy (non-hydrogen) atoms. The van der Waals surface area contributed by atoms with Crippen molar-refractivity contribution < 1.29 is 24.0 Å². The molecule has 2 fully saturated rings. The lowest BCUT2D eigenvalue weighted by atomic mass is 10.0. The van der Waals surface area contributed by atoms with E-state index in [0.717, 1.165) is 5.69 Å². The molecule has 3 rings (SSSR count). The second kappa shape index (κ2) is 10.9. The van der Waals surface area contributed by atoms with Crippen LogP contribution in [0.1, 0.15) is 44.0 Å². The zero-order valence-electron chi connectivity index (χ0n) is 21.0. The first kappa shape index (κ1) is 26.2. The van der Waals surface area contributed by atoms with Crippen LogP contribution in [-0.4, -0.2) is 91.1 Å². The maximum Gasteiger partial charge on any atom is 0.251 e. The van der Waals surface area contributed by atoms with E-state index < -0.39 is 18.1 Å². The molecule has 0 aromatic heterocycles. The molecule has 0 bridgehead atoms. The summed E-state index contributed by atoms with van der Waals surface area (Å²) in [5.74, 6) is -1.40. The zero-order chi connectivity index (χ0) is 25.9. The van der Waals surface area contributed by atoms with Gasteiger partial charge in [0.2, 0.25) is 17.7 Å². The quantitative estimate of drug-likeness (QED) is 0.551. The molecule has 2 N–H and O–H groups in total. The lowest BCUT2D eigenvalue weighted by Gasteiger charge is -2.29. The molecule has 0 aliphatic carbocycles. The molecule has 4 amide bonds. The van der Waals surface area contributed by atoms with E-state index in [4.69, 9.17) is 0 Å². The summed E-state index contributed by atoms with van der Waals surface area (Å²) in [7, 11) is 3.82. The SMILES string of the molecule is CC(=O)NCC(=O)N1CC(=O)[C@@H]2C1CCN2C(=O)[C@H](CC(C)C)NC(=O)c1ccc(N(C)C)cc1. The van der Waals surface area contributed by atoms with Gasteiger partial charge in [-0.3, -0.25) is 24.0 Å². The Morgan fingerprint density at radius 3 is 2.31 bits per heavy atom. The van der Waals surface area contributed by atoms with Crippen LogP contribution in [0.4, 0.5) is 5.69 Å². The van der Waals surface area contributed by atoms with Crippen LogP contribution in [0.15, 0.2) is 24.3 Å². The normalized spacial score (nSPS) is 20.0. The molecular weight excluding hydrogens is 450 g/mol. The van der Waals surface area contributed by atoms with E-state index in [0.29, 0.717) is 24.9 Å². The van der Waals surface area contributed by atoms with E-state index in [1.165, 1.54) is 16.7 Å². The summed E-state index contributed by atoms with van der Waals surface area (Å²) in [4.78, 5) is 68.0. The molecule has 2 aliphatic heterocycles. The maximum absolute atomic E-state index is 13.6. The number of benzene rings is 1. The van der Waals surface area contributed by atoms with E-state index in [9.17, 15) is 24.0 Å². The van der Waals surface area contributed by atoms with Gasteiger partial charge in [0.05, 0.1) is 19.1 Å². The Morgan fingerprint density at radius 1 is 1.09 bits per heavy atom. The van der Waals surface area contributed by atoms with Crippen LogP contribution in [0.3, 0.4) is 0 Å². The molecular formula is C25H35N5O5. The Hall–Kier alpha value is -3.43. The third-order valence-corrected chi connectivity index (χ3v) is 6.47. The number of likely N-dealkylation sites (tertiary alicyclic amines) is 2. The highest BCUT2D eigenvalue weighted by Crippen LogP contribution is 2.30. The summed E-state index contributed by atoms with van der Waals surface area (Å²) >= 11 is 0. The van der Waals surface area contributed by atoms with Crippen molar-refractivity contribution in [2.75, 3.05) is 38.6 Å². The molecule has 0 spiro atoms. The van der Waals surface area contributed by atoms with Crippen molar-refractivity contribution in [2.24, 2.45) is 5.92 Å². The lowest BCUT2D eigenvalue weighted by Crippen LogP contribution is -2.53. The molecule has 0 saturated carbocycles. The number of carbonyl (C=O) groups excluding carboxylic acids is 5. The van der Waals surface area contributed by atoms with Crippen LogP contribution in [0, 0.1) is 5.92 Å².